The molecule has 1 unspecified atom stereocenters. The third-order valence-corrected chi connectivity index (χ3v) is 2.21. The molecule has 2 heterocycles. The Morgan fingerprint density at radius 1 is 1.53 bits per heavy atom. The van der Waals surface area contributed by atoms with E-state index in [-0.39, 0.29) is 6.10 Å². The summed E-state index contributed by atoms with van der Waals surface area (Å²) in [5.41, 5.74) is 0.797. The largest absolute Gasteiger partial charge is 0.391 e. The van der Waals surface area contributed by atoms with Gasteiger partial charge in [0.25, 0.3) is 0 Å². The lowest BCUT2D eigenvalue weighted by Gasteiger charge is -2.06. The molecule has 0 fully saturated rings. The van der Waals surface area contributed by atoms with E-state index >= 15 is 0 Å². The van der Waals surface area contributed by atoms with Crippen LogP contribution in [0.5, 0.6) is 0 Å². The number of rotatable bonds is 4. The quantitative estimate of drug-likeness (QED) is 0.780. The lowest BCUT2D eigenvalue weighted by atomic mass is 10.3. The van der Waals surface area contributed by atoms with Crippen molar-refractivity contribution < 1.29 is 5.11 Å². The zero-order valence-corrected chi connectivity index (χ0v) is 8.59. The predicted molar refractivity (Wildman–Crippen MR) is 57.8 cm³/mol. The average Bonchev–Trinajstić information content (AvgIpc) is 2.68. The monoisotopic (exact) mass is 206 g/mol. The molecular formula is C10H14N4O. The Morgan fingerprint density at radius 3 is 3.13 bits per heavy atom. The van der Waals surface area contributed by atoms with Crippen molar-refractivity contribution in [1.29, 1.82) is 0 Å². The highest BCUT2D eigenvalue weighted by Crippen LogP contribution is 2.04. The van der Waals surface area contributed by atoms with Crippen molar-refractivity contribution >= 4 is 11.6 Å². The van der Waals surface area contributed by atoms with Crippen molar-refractivity contribution in [2.45, 2.75) is 19.4 Å². The molecule has 0 bridgehead atoms. The Balaban J connectivity index is 2.09. The first-order valence-electron chi connectivity index (χ1n) is 5.03. The van der Waals surface area contributed by atoms with Crippen LogP contribution in [0.3, 0.4) is 0 Å². The zero-order valence-electron chi connectivity index (χ0n) is 8.59. The van der Waals surface area contributed by atoms with Gasteiger partial charge in [0.1, 0.15) is 0 Å². The molecule has 0 aromatic carbocycles. The minimum atomic E-state index is -0.350. The predicted octanol–water partition coefficient (Wildman–Crippen LogP) is 0.912. The molecule has 1 atom stereocenters. The molecule has 2 rings (SSSR count). The number of aliphatic hydroxyl groups is 1. The fraction of sp³-hybridized carbons (Fsp3) is 0.400. The first-order chi connectivity index (χ1) is 7.29. The van der Waals surface area contributed by atoms with Crippen LogP contribution < -0.4 is 5.32 Å². The van der Waals surface area contributed by atoms with Gasteiger partial charge in [-0.3, -0.25) is 0 Å². The van der Waals surface area contributed by atoms with E-state index in [0.717, 1.165) is 12.1 Å². The minimum Gasteiger partial charge on any atom is -0.391 e. The second-order valence-electron chi connectivity index (χ2n) is 3.38. The van der Waals surface area contributed by atoms with Gasteiger partial charge in [0.05, 0.1) is 6.10 Å². The van der Waals surface area contributed by atoms with Crippen LogP contribution in [-0.2, 0) is 0 Å². The van der Waals surface area contributed by atoms with Crippen LogP contribution in [0, 0.1) is 0 Å². The molecule has 15 heavy (non-hydrogen) atoms. The number of anilines is 1. The number of pyridine rings is 1. The Morgan fingerprint density at radius 2 is 2.40 bits per heavy atom. The molecule has 0 saturated heterocycles. The highest BCUT2D eigenvalue weighted by Gasteiger charge is 2.04. The van der Waals surface area contributed by atoms with Gasteiger partial charge in [-0.1, -0.05) is 13.0 Å². The van der Waals surface area contributed by atoms with Crippen LogP contribution in [0.4, 0.5) is 5.95 Å². The normalized spacial score (nSPS) is 12.9. The Bertz CT molecular complexity index is 407. The molecule has 2 N–H and O–H groups in total. The summed E-state index contributed by atoms with van der Waals surface area (Å²) in [4.78, 5) is 4.25. The molecular weight excluding hydrogens is 192 g/mol. The highest BCUT2D eigenvalue weighted by atomic mass is 16.3. The van der Waals surface area contributed by atoms with Crippen molar-refractivity contribution in [3.8, 4) is 0 Å². The van der Waals surface area contributed by atoms with Gasteiger partial charge in [-0.25, -0.2) is 4.52 Å². The first kappa shape index (κ1) is 9.92. The molecule has 0 radical (unpaired) electrons. The second kappa shape index (κ2) is 4.27. The van der Waals surface area contributed by atoms with Crippen molar-refractivity contribution in [3.63, 3.8) is 0 Å². The molecule has 2 aromatic rings. The number of nitrogens with one attached hydrogen (secondary N) is 1. The molecule has 0 aliphatic rings. The van der Waals surface area contributed by atoms with Gasteiger partial charge in [-0.15, -0.1) is 5.10 Å². The summed E-state index contributed by atoms with van der Waals surface area (Å²) in [5, 5.41) is 16.6. The second-order valence-corrected chi connectivity index (χ2v) is 3.38. The van der Waals surface area contributed by atoms with Crippen molar-refractivity contribution in [3.05, 3.63) is 24.4 Å². The van der Waals surface area contributed by atoms with E-state index in [1.54, 1.807) is 4.52 Å². The van der Waals surface area contributed by atoms with Crippen LogP contribution >= 0.6 is 0 Å². The summed E-state index contributed by atoms with van der Waals surface area (Å²) in [6.07, 6.45) is 2.21. The maximum atomic E-state index is 9.37. The van der Waals surface area contributed by atoms with Gasteiger partial charge in [0.15, 0.2) is 5.65 Å². The standard InChI is InChI=1S/C10H14N4O/c1-2-8(15)7-11-10-12-9-5-3-4-6-14(9)13-10/h3-6,8,15H,2,7H2,1H3,(H,11,13). The van der Waals surface area contributed by atoms with Crippen LogP contribution in [0.2, 0.25) is 0 Å². The molecule has 0 saturated carbocycles. The van der Waals surface area contributed by atoms with Gasteiger partial charge in [-0.05, 0) is 18.6 Å². The third kappa shape index (κ3) is 2.24. The van der Waals surface area contributed by atoms with E-state index < -0.39 is 0 Å². The molecule has 80 valence electrons. The topological polar surface area (TPSA) is 62.5 Å². The Kier molecular flexibility index (Phi) is 2.82. The number of aromatic nitrogens is 3. The number of hydrogen-bond donors (Lipinski definition) is 2. The summed E-state index contributed by atoms with van der Waals surface area (Å²) < 4.78 is 1.70. The molecule has 2 aromatic heterocycles. The first-order valence-corrected chi connectivity index (χ1v) is 5.03. The molecule has 0 spiro atoms. The lowest BCUT2D eigenvalue weighted by Crippen LogP contribution is -2.18. The molecule has 5 nitrogen and oxygen atoms in total. The van der Waals surface area contributed by atoms with Crippen LogP contribution in [-0.4, -0.2) is 32.4 Å². The summed E-state index contributed by atoms with van der Waals surface area (Å²) in [7, 11) is 0. The fourth-order valence-electron chi connectivity index (χ4n) is 1.26. The smallest absolute Gasteiger partial charge is 0.243 e. The Hall–Kier alpha value is -1.62. The van der Waals surface area contributed by atoms with Crippen LogP contribution in [0.25, 0.3) is 5.65 Å². The van der Waals surface area contributed by atoms with E-state index in [1.165, 1.54) is 0 Å². The van der Waals surface area contributed by atoms with Crippen LogP contribution in [0.1, 0.15) is 13.3 Å². The number of nitrogens with zero attached hydrogens (tertiary/aromatic N) is 3. The van der Waals surface area contributed by atoms with Gasteiger partial charge < -0.3 is 10.4 Å². The maximum Gasteiger partial charge on any atom is 0.243 e. The van der Waals surface area contributed by atoms with Crippen LogP contribution in [0.15, 0.2) is 24.4 Å². The van der Waals surface area contributed by atoms with Gasteiger partial charge in [0.2, 0.25) is 5.95 Å². The average molecular weight is 206 g/mol. The van der Waals surface area contributed by atoms with E-state index in [4.69, 9.17) is 0 Å². The van der Waals surface area contributed by atoms with Gasteiger partial charge >= 0.3 is 0 Å². The highest BCUT2D eigenvalue weighted by molar-refractivity contribution is 5.42. The van der Waals surface area contributed by atoms with Crippen molar-refractivity contribution in [1.82, 2.24) is 14.6 Å². The van der Waals surface area contributed by atoms with E-state index in [2.05, 4.69) is 15.4 Å². The molecule has 0 amide bonds. The van der Waals surface area contributed by atoms with Gasteiger partial charge in [-0.2, -0.15) is 4.98 Å². The summed E-state index contributed by atoms with van der Waals surface area (Å²) >= 11 is 0. The summed E-state index contributed by atoms with van der Waals surface area (Å²) in [5.74, 6) is 0.550. The zero-order chi connectivity index (χ0) is 10.7. The third-order valence-electron chi connectivity index (χ3n) is 2.21. The SMILES string of the molecule is CCC(O)CNc1nc2ccccn2n1. The van der Waals surface area contributed by atoms with Crippen molar-refractivity contribution in [2.75, 3.05) is 11.9 Å². The maximum absolute atomic E-state index is 9.37. The number of fused-ring (bicyclic) bond motifs is 1. The summed E-state index contributed by atoms with van der Waals surface area (Å²) in [6, 6.07) is 5.69. The molecule has 0 aliphatic carbocycles. The number of aliphatic hydroxyl groups excluding tert-OH is 1. The van der Waals surface area contributed by atoms with E-state index in [1.807, 2.05) is 31.3 Å². The summed E-state index contributed by atoms with van der Waals surface area (Å²) in [6.45, 7) is 2.41. The number of hydrogen-bond acceptors (Lipinski definition) is 4. The lowest BCUT2D eigenvalue weighted by molar-refractivity contribution is 0.183. The Labute approximate surface area is 87.8 Å². The minimum absolute atomic E-state index is 0.350. The van der Waals surface area contributed by atoms with E-state index in [0.29, 0.717) is 12.5 Å². The van der Waals surface area contributed by atoms with Crippen molar-refractivity contribution in [2.24, 2.45) is 0 Å². The van der Waals surface area contributed by atoms with Gasteiger partial charge in [0, 0.05) is 12.7 Å². The fourth-order valence-corrected chi connectivity index (χ4v) is 1.26. The van der Waals surface area contributed by atoms with E-state index in [9.17, 15) is 5.11 Å². The molecule has 0 aliphatic heterocycles. The molecule has 5 heteroatoms.